The first-order valence-electron chi connectivity index (χ1n) is 8.87. The molecule has 0 fully saturated rings. The van der Waals surface area contributed by atoms with Crippen molar-refractivity contribution in [3.05, 3.63) is 64.0 Å². The lowest BCUT2D eigenvalue weighted by atomic mass is 9.99. The Morgan fingerprint density at radius 1 is 1.12 bits per heavy atom. The zero-order valence-electron chi connectivity index (χ0n) is 15.1. The van der Waals surface area contributed by atoms with Gasteiger partial charge in [0.2, 0.25) is 5.91 Å². The second-order valence-electron chi connectivity index (χ2n) is 6.76. The van der Waals surface area contributed by atoms with Crippen molar-refractivity contribution in [3.8, 4) is 0 Å². The Morgan fingerprint density at radius 2 is 1.92 bits per heavy atom. The van der Waals surface area contributed by atoms with E-state index in [1.165, 1.54) is 0 Å². The van der Waals surface area contributed by atoms with Gasteiger partial charge in [-0.25, -0.2) is 4.39 Å². The summed E-state index contributed by atoms with van der Waals surface area (Å²) in [5.41, 5.74) is 4.55. The number of fused-ring (bicyclic) bond motifs is 1. The summed E-state index contributed by atoms with van der Waals surface area (Å²) in [5, 5.41) is 5.79. The lowest BCUT2D eigenvalue weighted by molar-refractivity contribution is -0.116. The van der Waals surface area contributed by atoms with Gasteiger partial charge in [-0.15, -0.1) is 0 Å². The molecular weight excluding hydrogens is 331 g/mol. The Labute approximate surface area is 152 Å². The zero-order valence-corrected chi connectivity index (χ0v) is 15.1. The average Bonchev–Trinajstić information content (AvgIpc) is 2.64. The lowest BCUT2D eigenvalue weighted by Crippen LogP contribution is -2.25. The van der Waals surface area contributed by atoms with Crippen LogP contribution in [0.15, 0.2) is 30.3 Å². The first kappa shape index (κ1) is 18.3. The number of hydrogen-bond donors (Lipinski definition) is 2. The quantitative estimate of drug-likeness (QED) is 0.805. The summed E-state index contributed by atoms with van der Waals surface area (Å²) in [6.07, 6.45) is 0.741. The Morgan fingerprint density at radius 3 is 2.69 bits per heavy atom. The number of hydrogen-bond acceptors (Lipinski definition) is 3. The minimum absolute atomic E-state index is 0.0316. The van der Waals surface area contributed by atoms with Crippen molar-refractivity contribution in [1.82, 2.24) is 5.32 Å². The predicted octanol–water partition coefficient (Wildman–Crippen LogP) is 3.69. The molecule has 0 aromatic heterocycles. The maximum Gasteiger partial charge on any atom is 0.224 e. The van der Waals surface area contributed by atoms with Crippen molar-refractivity contribution < 1.29 is 14.0 Å². The van der Waals surface area contributed by atoms with Crippen LogP contribution in [0.2, 0.25) is 0 Å². The fourth-order valence-corrected chi connectivity index (χ4v) is 3.13. The van der Waals surface area contributed by atoms with Gasteiger partial charge in [0.1, 0.15) is 5.82 Å². The largest absolute Gasteiger partial charge is 0.324 e. The molecule has 1 amide bonds. The standard InChI is InChI=1S/C21H23FN2O2/c1-13-3-4-15(11-14(13)2)19(25)7-8-20(26)24-18-6-5-16-12-23-10-9-17(16)21(18)22/h3-6,11,23H,7-10,12H2,1-2H3,(H,24,26). The number of aryl methyl sites for hydroxylation is 2. The summed E-state index contributed by atoms with van der Waals surface area (Å²) in [7, 11) is 0. The van der Waals surface area contributed by atoms with Crippen molar-refractivity contribution >= 4 is 17.4 Å². The number of halogens is 1. The van der Waals surface area contributed by atoms with Crippen LogP contribution in [0.4, 0.5) is 10.1 Å². The molecule has 0 spiro atoms. The maximum atomic E-state index is 14.6. The molecule has 1 aliphatic rings. The summed E-state index contributed by atoms with van der Waals surface area (Å²) < 4.78 is 14.6. The minimum atomic E-state index is -0.363. The normalized spacial score (nSPS) is 13.2. The topological polar surface area (TPSA) is 58.2 Å². The van der Waals surface area contributed by atoms with Gasteiger partial charge in [0.05, 0.1) is 5.69 Å². The van der Waals surface area contributed by atoms with Crippen LogP contribution in [-0.4, -0.2) is 18.2 Å². The molecule has 26 heavy (non-hydrogen) atoms. The molecule has 0 aliphatic carbocycles. The number of anilines is 1. The van der Waals surface area contributed by atoms with Crippen molar-refractivity contribution in [2.24, 2.45) is 0 Å². The number of benzene rings is 2. The van der Waals surface area contributed by atoms with Crippen molar-refractivity contribution in [3.63, 3.8) is 0 Å². The Kier molecular flexibility index (Phi) is 5.47. The van der Waals surface area contributed by atoms with Crippen LogP contribution in [-0.2, 0) is 17.8 Å². The van der Waals surface area contributed by atoms with E-state index in [-0.39, 0.29) is 36.0 Å². The number of nitrogens with one attached hydrogen (secondary N) is 2. The van der Waals surface area contributed by atoms with E-state index in [4.69, 9.17) is 0 Å². The molecule has 2 aromatic carbocycles. The Hall–Kier alpha value is -2.53. The number of Topliss-reactive ketones (excluding diaryl/α,β-unsaturated/α-hetero) is 1. The van der Waals surface area contributed by atoms with Gasteiger partial charge < -0.3 is 10.6 Å². The van der Waals surface area contributed by atoms with Gasteiger partial charge in [0, 0.05) is 24.9 Å². The van der Waals surface area contributed by atoms with Gasteiger partial charge in [-0.3, -0.25) is 9.59 Å². The lowest BCUT2D eigenvalue weighted by Gasteiger charge is -2.19. The first-order valence-corrected chi connectivity index (χ1v) is 8.87. The predicted molar refractivity (Wildman–Crippen MR) is 99.9 cm³/mol. The third kappa shape index (κ3) is 3.99. The van der Waals surface area contributed by atoms with E-state index in [1.807, 2.05) is 32.0 Å². The average molecular weight is 354 g/mol. The molecule has 4 nitrogen and oxygen atoms in total. The molecule has 2 N–H and O–H groups in total. The smallest absolute Gasteiger partial charge is 0.224 e. The molecule has 0 unspecified atom stereocenters. The van der Waals surface area contributed by atoms with Crippen LogP contribution in [0.25, 0.3) is 0 Å². The van der Waals surface area contributed by atoms with Gasteiger partial charge in [-0.2, -0.15) is 0 Å². The molecular formula is C21H23FN2O2. The van der Waals surface area contributed by atoms with Crippen LogP contribution in [0.5, 0.6) is 0 Å². The number of amides is 1. The Bertz CT molecular complexity index is 861. The number of ketones is 1. The highest BCUT2D eigenvalue weighted by atomic mass is 19.1. The van der Waals surface area contributed by atoms with E-state index in [0.29, 0.717) is 24.1 Å². The van der Waals surface area contributed by atoms with Gasteiger partial charge in [0.25, 0.3) is 0 Å². The summed E-state index contributed by atoms with van der Waals surface area (Å²) in [6, 6.07) is 8.94. The highest BCUT2D eigenvalue weighted by Crippen LogP contribution is 2.24. The fourth-order valence-electron chi connectivity index (χ4n) is 3.13. The highest BCUT2D eigenvalue weighted by molar-refractivity contribution is 6.00. The molecule has 0 atom stereocenters. The highest BCUT2D eigenvalue weighted by Gasteiger charge is 2.18. The molecule has 0 saturated heterocycles. The summed E-state index contributed by atoms with van der Waals surface area (Å²) in [6.45, 7) is 5.31. The fraction of sp³-hybridized carbons (Fsp3) is 0.333. The van der Waals surface area contributed by atoms with E-state index < -0.39 is 0 Å². The molecule has 3 rings (SSSR count). The Balaban J connectivity index is 1.60. The monoisotopic (exact) mass is 354 g/mol. The number of carbonyl (C=O) groups excluding carboxylic acids is 2. The van der Waals surface area contributed by atoms with E-state index in [9.17, 15) is 14.0 Å². The van der Waals surface area contributed by atoms with Gasteiger partial charge in [-0.1, -0.05) is 18.2 Å². The van der Waals surface area contributed by atoms with E-state index >= 15 is 0 Å². The second-order valence-corrected chi connectivity index (χ2v) is 6.76. The molecule has 0 saturated carbocycles. The van der Waals surface area contributed by atoms with Crippen molar-refractivity contribution in [1.29, 1.82) is 0 Å². The third-order valence-corrected chi connectivity index (χ3v) is 4.89. The van der Waals surface area contributed by atoms with E-state index in [0.717, 1.165) is 23.2 Å². The van der Waals surface area contributed by atoms with Gasteiger partial charge >= 0.3 is 0 Å². The van der Waals surface area contributed by atoms with Crippen LogP contribution in [0.1, 0.15) is 45.5 Å². The first-order chi connectivity index (χ1) is 12.5. The molecule has 2 aromatic rings. The maximum absolute atomic E-state index is 14.6. The summed E-state index contributed by atoms with van der Waals surface area (Å²) >= 11 is 0. The SMILES string of the molecule is Cc1ccc(C(=O)CCC(=O)Nc2ccc3c(c2F)CCNC3)cc1C. The third-order valence-electron chi connectivity index (χ3n) is 4.89. The van der Waals surface area contributed by atoms with Crippen LogP contribution in [0, 0.1) is 19.7 Å². The van der Waals surface area contributed by atoms with Gasteiger partial charge in [0.15, 0.2) is 5.78 Å². The van der Waals surface area contributed by atoms with E-state index in [2.05, 4.69) is 10.6 Å². The molecule has 5 heteroatoms. The molecule has 1 heterocycles. The molecule has 136 valence electrons. The zero-order chi connectivity index (χ0) is 18.7. The molecule has 0 bridgehead atoms. The molecule has 0 radical (unpaired) electrons. The van der Waals surface area contributed by atoms with Crippen LogP contribution in [0.3, 0.4) is 0 Å². The molecule has 1 aliphatic heterocycles. The number of carbonyl (C=O) groups is 2. The summed E-state index contributed by atoms with van der Waals surface area (Å²) in [5.74, 6) is -0.798. The second kappa shape index (κ2) is 7.79. The van der Waals surface area contributed by atoms with Crippen molar-refractivity contribution in [2.75, 3.05) is 11.9 Å². The van der Waals surface area contributed by atoms with E-state index in [1.54, 1.807) is 12.1 Å². The van der Waals surface area contributed by atoms with Gasteiger partial charge in [-0.05, 0) is 61.2 Å². The van der Waals surface area contributed by atoms with Crippen molar-refractivity contribution in [2.45, 2.75) is 39.7 Å². The minimum Gasteiger partial charge on any atom is -0.324 e. The van der Waals surface area contributed by atoms with Crippen LogP contribution >= 0.6 is 0 Å². The number of rotatable bonds is 5. The van der Waals surface area contributed by atoms with Crippen LogP contribution < -0.4 is 10.6 Å². The summed E-state index contributed by atoms with van der Waals surface area (Å²) in [4.78, 5) is 24.4.